The van der Waals surface area contributed by atoms with Crippen LogP contribution in [0.5, 0.6) is 5.75 Å². The third kappa shape index (κ3) is 2.30. The number of methoxy groups -OCH3 is 1. The van der Waals surface area contributed by atoms with Crippen molar-refractivity contribution in [1.29, 1.82) is 0 Å². The van der Waals surface area contributed by atoms with Crippen molar-refractivity contribution in [3.63, 3.8) is 0 Å². The van der Waals surface area contributed by atoms with Crippen molar-refractivity contribution in [1.82, 2.24) is 0 Å². The van der Waals surface area contributed by atoms with Crippen molar-refractivity contribution in [2.45, 2.75) is 12.7 Å². The SMILES string of the molecule is CCO[C@]1(c2ccccc2)Oc2ccccc2C=C1OC. The lowest BCUT2D eigenvalue weighted by Crippen LogP contribution is -2.41. The molecule has 0 aliphatic carbocycles. The fourth-order valence-corrected chi connectivity index (χ4v) is 2.57. The average molecular weight is 282 g/mol. The Hall–Kier alpha value is -2.26. The lowest BCUT2D eigenvalue weighted by molar-refractivity contribution is -0.184. The summed E-state index contributed by atoms with van der Waals surface area (Å²) < 4.78 is 17.8. The molecule has 0 bridgehead atoms. The predicted octanol–water partition coefficient (Wildman–Crippen LogP) is 3.96. The Labute approximate surface area is 124 Å². The molecule has 2 aromatic carbocycles. The van der Waals surface area contributed by atoms with E-state index in [1.54, 1.807) is 7.11 Å². The van der Waals surface area contributed by atoms with Crippen LogP contribution in [-0.4, -0.2) is 13.7 Å². The Kier molecular flexibility index (Phi) is 3.67. The van der Waals surface area contributed by atoms with E-state index in [4.69, 9.17) is 14.2 Å². The van der Waals surface area contributed by atoms with E-state index in [1.165, 1.54) is 0 Å². The number of para-hydroxylation sites is 1. The van der Waals surface area contributed by atoms with Crippen LogP contribution >= 0.6 is 0 Å². The Morgan fingerprint density at radius 1 is 1.00 bits per heavy atom. The number of benzene rings is 2. The molecule has 108 valence electrons. The van der Waals surface area contributed by atoms with Gasteiger partial charge in [-0.15, -0.1) is 0 Å². The molecule has 0 fully saturated rings. The van der Waals surface area contributed by atoms with Crippen LogP contribution in [0.25, 0.3) is 6.08 Å². The maximum atomic E-state index is 6.23. The Morgan fingerprint density at radius 2 is 1.71 bits per heavy atom. The molecule has 0 aromatic heterocycles. The first kappa shape index (κ1) is 13.7. The molecule has 0 unspecified atom stereocenters. The first-order chi connectivity index (χ1) is 10.3. The van der Waals surface area contributed by atoms with Crippen LogP contribution in [0.15, 0.2) is 60.4 Å². The topological polar surface area (TPSA) is 27.7 Å². The number of hydrogen-bond acceptors (Lipinski definition) is 3. The van der Waals surface area contributed by atoms with Gasteiger partial charge in [-0.3, -0.25) is 0 Å². The van der Waals surface area contributed by atoms with E-state index < -0.39 is 5.79 Å². The van der Waals surface area contributed by atoms with Crippen molar-refractivity contribution in [3.8, 4) is 5.75 Å². The zero-order chi connectivity index (χ0) is 14.7. The van der Waals surface area contributed by atoms with E-state index in [0.717, 1.165) is 16.9 Å². The van der Waals surface area contributed by atoms with Crippen molar-refractivity contribution >= 4 is 6.08 Å². The quantitative estimate of drug-likeness (QED) is 0.849. The molecule has 3 nitrogen and oxygen atoms in total. The number of rotatable bonds is 4. The third-order valence-electron chi connectivity index (χ3n) is 3.51. The molecule has 0 radical (unpaired) electrons. The molecule has 1 aliphatic heterocycles. The van der Waals surface area contributed by atoms with Crippen molar-refractivity contribution in [2.75, 3.05) is 13.7 Å². The van der Waals surface area contributed by atoms with Gasteiger partial charge in [0, 0.05) is 17.7 Å². The Morgan fingerprint density at radius 3 is 2.43 bits per heavy atom. The second-order valence-electron chi connectivity index (χ2n) is 4.77. The van der Waals surface area contributed by atoms with Gasteiger partial charge in [0.1, 0.15) is 5.75 Å². The van der Waals surface area contributed by atoms with Crippen LogP contribution in [0.4, 0.5) is 0 Å². The summed E-state index contributed by atoms with van der Waals surface area (Å²) in [6, 6.07) is 17.7. The number of ether oxygens (including phenoxy) is 3. The lowest BCUT2D eigenvalue weighted by Gasteiger charge is -2.38. The normalized spacial score (nSPS) is 20.2. The van der Waals surface area contributed by atoms with Crippen molar-refractivity contribution in [3.05, 3.63) is 71.5 Å². The molecule has 3 rings (SSSR count). The molecular formula is C18H18O3. The molecule has 0 amide bonds. The minimum atomic E-state index is -1.03. The van der Waals surface area contributed by atoms with Gasteiger partial charge in [0.25, 0.3) is 5.79 Å². The summed E-state index contributed by atoms with van der Waals surface area (Å²) in [6.45, 7) is 2.46. The van der Waals surface area contributed by atoms with Gasteiger partial charge in [0.15, 0.2) is 5.76 Å². The highest BCUT2D eigenvalue weighted by atomic mass is 16.7. The third-order valence-corrected chi connectivity index (χ3v) is 3.51. The van der Waals surface area contributed by atoms with Crippen LogP contribution in [-0.2, 0) is 15.3 Å². The molecule has 0 spiro atoms. The average Bonchev–Trinajstić information content (AvgIpc) is 2.55. The standard InChI is InChI=1S/C18H18O3/c1-3-20-18(15-10-5-4-6-11-15)17(19-2)13-14-9-7-8-12-16(14)21-18/h4-13H,3H2,1-2H3/t18-/m1/s1. The highest BCUT2D eigenvalue weighted by Crippen LogP contribution is 2.43. The summed E-state index contributed by atoms with van der Waals surface area (Å²) in [5, 5.41) is 0. The minimum Gasteiger partial charge on any atom is -0.494 e. The zero-order valence-electron chi connectivity index (χ0n) is 12.2. The smallest absolute Gasteiger partial charge is 0.296 e. The van der Waals surface area contributed by atoms with E-state index in [1.807, 2.05) is 67.6 Å². The molecular weight excluding hydrogens is 264 g/mol. The van der Waals surface area contributed by atoms with Crippen LogP contribution in [0, 0.1) is 0 Å². The van der Waals surface area contributed by atoms with Gasteiger partial charge >= 0.3 is 0 Å². The number of fused-ring (bicyclic) bond motifs is 1. The van der Waals surface area contributed by atoms with E-state index in [-0.39, 0.29) is 0 Å². The van der Waals surface area contributed by atoms with Crippen molar-refractivity contribution in [2.24, 2.45) is 0 Å². The Balaban J connectivity index is 2.17. The fraction of sp³-hybridized carbons (Fsp3) is 0.222. The summed E-state index contributed by atoms with van der Waals surface area (Å²) in [6.07, 6.45) is 1.97. The molecule has 1 heterocycles. The molecule has 0 N–H and O–H groups in total. The van der Waals surface area contributed by atoms with E-state index in [9.17, 15) is 0 Å². The molecule has 3 heteroatoms. The molecule has 21 heavy (non-hydrogen) atoms. The van der Waals surface area contributed by atoms with E-state index in [0.29, 0.717) is 12.4 Å². The maximum Gasteiger partial charge on any atom is 0.296 e. The van der Waals surface area contributed by atoms with Gasteiger partial charge in [0.05, 0.1) is 7.11 Å². The highest BCUT2D eigenvalue weighted by molar-refractivity contribution is 5.63. The minimum absolute atomic E-state index is 0.512. The predicted molar refractivity (Wildman–Crippen MR) is 81.8 cm³/mol. The second-order valence-corrected chi connectivity index (χ2v) is 4.77. The molecule has 0 saturated carbocycles. The summed E-state index contributed by atoms with van der Waals surface area (Å²) >= 11 is 0. The number of hydrogen-bond donors (Lipinski definition) is 0. The van der Waals surface area contributed by atoms with E-state index >= 15 is 0 Å². The summed E-state index contributed by atoms with van der Waals surface area (Å²) in [5.74, 6) is 0.406. The van der Waals surface area contributed by atoms with Gasteiger partial charge in [-0.1, -0.05) is 48.5 Å². The van der Waals surface area contributed by atoms with Crippen molar-refractivity contribution < 1.29 is 14.2 Å². The first-order valence-corrected chi connectivity index (χ1v) is 7.04. The molecule has 0 saturated heterocycles. The highest BCUT2D eigenvalue weighted by Gasteiger charge is 2.44. The van der Waals surface area contributed by atoms with Crippen LogP contribution in [0.2, 0.25) is 0 Å². The van der Waals surface area contributed by atoms with Gasteiger partial charge in [-0.05, 0) is 19.1 Å². The van der Waals surface area contributed by atoms with Gasteiger partial charge in [-0.2, -0.15) is 0 Å². The molecule has 2 aromatic rings. The van der Waals surface area contributed by atoms with E-state index in [2.05, 4.69) is 0 Å². The zero-order valence-corrected chi connectivity index (χ0v) is 12.2. The maximum absolute atomic E-state index is 6.23. The van der Waals surface area contributed by atoms with Crippen LogP contribution in [0.3, 0.4) is 0 Å². The first-order valence-electron chi connectivity index (χ1n) is 7.04. The van der Waals surface area contributed by atoms with Crippen LogP contribution < -0.4 is 4.74 Å². The van der Waals surface area contributed by atoms with Crippen LogP contribution in [0.1, 0.15) is 18.1 Å². The second kappa shape index (κ2) is 5.62. The summed E-state index contributed by atoms with van der Waals surface area (Å²) in [4.78, 5) is 0. The fourth-order valence-electron chi connectivity index (χ4n) is 2.57. The van der Waals surface area contributed by atoms with Gasteiger partial charge < -0.3 is 14.2 Å². The largest absolute Gasteiger partial charge is 0.494 e. The summed E-state index contributed by atoms with van der Waals surface area (Å²) in [7, 11) is 1.64. The lowest BCUT2D eigenvalue weighted by atomic mass is 9.98. The molecule has 1 aliphatic rings. The monoisotopic (exact) mass is 282 g/mol. The molecule has 1 atom stereocenters. The van der Waals surface area contributed by atoms with Gasteiger partial charge in [-0.25, -0.2) is 0 Å². The van der Waals surface area contributed by atoms with Gasteiger partial charge in [0.2, 0.25) is 0 Å². The summed E-state index contributed by atoms with van der Waals surface area (Å²) in [5.41, 5.74) is 1.90. The Bertz CT molecular complexity index is 649.